The first-order valence-corrected chi connectivity index (χ1v) is 10.1. The van der Waals surface area contributed by atoms with Crippen molar-refractivity contribution in [3.05, 3.63) is 65.7 Å². The lowest BCUT2D eigenvalue weighted by Crippen LogP contribution is -2.33. The van der Waals surface area contributed by atoms with E-state index in [1.54, 1.807) is 0 Å². The minimum atomic E-state index is -0.0697. The second-order valence-corrected chi connectivity index (χ2v) is 7.69. The second-order valence-electron chi connectivity index (χ2n) is 7.69. The molecule has 1 fully saturated rings. The summed E-state index contributed by atoms with van der Waals surface area (Å²) in [5.74, 6) is 1.79. The number of carbonyl (C=O) groups is 1. The number of aryl methyl sites for hydroxylation is 1. The van der Waals surface area contributed by atoms with E-state index in [1.165, 1.54) is 11.3 Å². The highest BCUT2D eigenvalue weighted by atomic mass is 16.2. The number of rotatable bonds is 3. The molecule has 7 nitrogen and oxygen atoms in total. The van der Waals surface area contributed by atoms with E-state index in [0.29, 0.717) is 13.1 Å². The number of aromatic amines is 1. The molecule has 3 heterocycles. The molecule has 5 rings (SSSR count). The van der Waals surface area contributed by atoms with E-state index in [-0.39, 0.29) is 11.9 Å². The Hall–Kier alpha value is -3.35. The fourth-order valence-corrected chi connectivity index (χ4v) is 4.30. The van der Waals surface area contributed by atoms with Crippen molar-refractivity contribution >= 4 is 23.1 Å². The summed E-state index contributed by atoms with van der Waals surface area (Å²) < 4.78 is 0. The Morgan fingerprint density at radius 1 is 1.10 bits per heavy atom. The Kier molecular flexibility index (Phi) is 4.42. The molecule has 0 radical (unpaired) electrons. The lowest BCUT2D eigenvalue weighted by Gasteiger charge is -2.24. The number of nitrogens with one attached hydrogen (secondary N) is 2. The second kappa shape index (κ2) is 7.24. The van der Waals surface area contributed by atoms with Gasteiger partial charge in [0.05, 0.1) is 11.4 Å². The van der Waals surface area contributed by atoms with Gasteiger partial charge in [-0.15, -0.1) is 0 Å². The van der Waals surface area contributed by atoms with Gasteiger partial charge in [0.15, 0.2) is 5.82 Å². The van der Waals surface area contributed by atoms with Crippen LogP contribution in [0.1, 0.15) is 29.6 Å². The average molecular weight is 388 g/mol. The first-order valence-electron chi connectivity index (χ1n) is 10.1. The predicted molar refractivity (Wildman–Crippen MR) is 113 cm³/mol. The molecule has 29 heavy (non-hydrogen) atoms. The SMILES string of the molecule is Cc1nc(C2CCN(C(=O)Nc3ccccc3N3CCc4ccccc43)C2)n[nH]1. The van der Waals surface area contributed by atoms with Gasteiger partial charge in [0.2, 0.25) is 0 Å². The Morgan fingerprint density at radius 3 is 2.72 bits per heavy atom. The molecule has 3 aromatic rings. The van der Waals surface area contributed by atoms with Gasteiger partial charge in [0.25, 0.3) is 0 Å². The Balaban J connectivity index is 1.32. The summed E-state index contributed by atoms with van der Waals surface area (Å²) in [7, 11) is 0. The molecule has 1 saturated heterocycles. The van der Waals surface area contributed by atoms with Crippen molar-refractivity contribution in [1.82, 2.24) is 20.1 Å². The number of hydrogen-bond acceptors (Lipinski definition) is 4. The van der Waals surface area contributed by atoms with Gasteiger partial charge in [-0.05, 0) is 43.5 Å². The third-order valence-electron chi connectivity index (χ3n) is 5.78. The van der Waals surface area contributed by atoms with Gasteiger partial charge < -0.3 is 15.1 Å². The van der Waals surface area contributed by atoms with Crippen LogP contribution in [0, 0.1) is 6.92 Å². The van der Waals surface area contributed by atoms with E-state index < -0.39 is 0 Å². The number of benzene rings is 2. The smallest absolute Gasteiger partial charge is 0.321 e. The van der Waals surface area contributed by atoms with Crippen LogP contribution >= 0.6 is 0 Å². The molecule has 2 aromatic carbocycles. The van der Waals surface area contributed by atoms with E-state index in [4.69, 9.17) is 0 Å². The maximum Gasteiger partial charge on any atom is 0.321 e. The van der Waals surface area contributed by atoms with E-state index in [1.807, 2.05) is 30.0 Å². The summed E-state index contributed by atoms with van der Waals surface area (Å²) in [6, 6.07) is 16.4. The minimum Gasteiger partial charge on any atom is -0.339 e. The van der Waals surface area contributed by atoms with E-state index in [9.17, 15) is 4.79 Å². The molecule has 2 N–H and O–H groups in total. The number of amides is 2. The lowest BCUT2D eigenvalue weighted by molar-refractivity contribution is 0.222. The number of nitrogens with zero attached hydrogens (tertiary/aromatic N) is 4. The van der Waals surface area contributed by atoms with Gasteiger partial charge in [0.1, 0.15) is 5.82 Å². The number of urea groups is 1. The van der Waals surface area contributed by atoms with Crippen molar-refractivity contribution in [3.63, 3.8) is 0 Å². The highest BCUT2D eigenvalue weighted by molar-refractivity contribution is 5.94. The average Bonchev–Trinajstić information content (AvgIpc) is 3.47. The zero-order chi connectivity index (χ0) is 19.8. The van der Waals surface area contributed by atoms with Crippen molar-refractivity contribution in [3.8, 4) is 0 Å². The van der Waals surface area contributed by atoms with E-state index >= 15 is 0 Å². The number of fused-ring (bicyclic) bond motifs is 1. The van der Waals surface area contributed by atoms with Gasteiger partial charge >= 0.3 is 6.03 Å². The number of likely N-dealkylation sites (tertiary alicyclic amines) is 1. The van der Waals surface area contributed by atoms with Gasteiger partial charge in [-0.2, -0.15) is 5.10 Å². The third-order valence-corrected chi connectivity index (χ3v) is 5.78. The molecule has 0 spiro atoms. The van der Waals surface area contributed by atoms with Crippen LogP contribution in [-0.2, 0) is 6.42 Å². The van der Waals surface area contributed by atoms with Gasteiger partial charge in [-0.3, -0.25) is 5.10 Å². The normalized spacial score (nSPS) is 18.2. The molecule has 0 aliphatic carbocycles. The zero-order valence-electron chi connectivity index (χ0n) is 16.4. The van der Waals surface area contributed by atoms with Crippen LogP contribution < -0.4 is 10.2 Å². The fourth-order valence-electron chi connectivity index (χ4n) is 4.30. The lowest BCUT2D eigenvalue weighted by atomic mass is 10.1. The van der Waals surface area contributed by atoms with Gasteiger partial charge in [0, 0.05) is 31.2 Å². The van der Waals surface area contributed by atoms with Crippen molar-refractivity contribution in [2.75, 3.05) is 29.9 Å². The summed E-state index contributed by atoms with van der Waals surface area (Å²) >= 11 is 0. The fraction of sp³-hybridized carbons (Fsp3) is 0.318. The van der Waals surface area contributed by atoms with Crippen LogP contribution in [0.4, 0.5) is 21.9 Å². The van der Waals surface area contributed by atoms with Crippen LogP contribution in [0.15, 0.2) is 48.5 Å². The molecule has 2 aliphatic heterocycles. The summed E-state index contributed by atoms with van der Waals surface area (Å²) in [4.78, 5) is 21.5. The molecule has 7 heteroatoms. The summed E-state index contributed by atoms with van der Waals surface area (Å²) in [5.41, 5.74) is 4.44. The first-order chi connectivity index (χ1) is 14.2. The number of H-pyrrole nitrogens is 1. The summed E-state index contributed by atoms with van der Waals surface area (Å²) in [6.07, 6.45) is 1.90. The monoisotopic (exact) mass is 388 g/mol. The molecule has 148 valence electrons. The van der Waals surface area contributed by atoms with E-state index in [0.717, 1.165) is 42.4 Å². The molecular formula is C22H24N6O. The maximum atomic E-state index is 13.0. The topological polar surface area (TPSA) is 77.2 Å². The van der Waals surface area contributed by atoms with Gasteiger partial charge in [-0.25, -0.2) is 9.78 Å². The van der Waals surface area contributed by atoms with Crippen LogP contribution in [0.5, 0.6) is 0 Å². The Bertz CT molecular complexity index is 1050. The standard InChI is InChI=1S/C22H24N6O/c1-15-23-21(26-25-15)17-10-12-27(14-17)22(29)24-18-7-3-5-9-20(18)28-13-11-16-6-2-4-8-19(16)28/h2-9,17H,10-14H2,1H3,(H,24,29)(H,23,25,26). The number of hydrogen-bond donors (Lipinski definition) is 2. The number of carbonyl (C=O) groups excluding carboxylic acids is 1. The maximum absolute atomic E-state index is 13.0. The quantitative estimate of drug-likeness (QED) is 0.715. The first kappa shape index (κ1) is 17.7. The van der Waals surface area contributed by atoms with Gasteiger partial charge in [-0.1, -0.05) is 30.3 Å². The van der Waals surface area contributed by atoms with Crippen molar-refractivity contribution in [1.29, 1.82) is 0 Å². The highest BCUT2D eigenvalue weighted by Gasteiger charge is 2.30. The molecule has 2 amide bonds. The number of para-hydroxylation sites is 3. The molecule has 1 unspecified atom stereocenters. The van der Waals surface area contributed by atoms with Crippen LogP contribution in [0.3, 0.4) is 0 Å². The summed E-state index contributed by atoms with van der Waals surface area (Å²) in [5, 5.41) is 10.3. The van der Waals surface area contributed by atoms with Crippen LogP contribution in [0.2, 0.25) is 0 Å². The molecule has 2 aliphatic rings. The largest absolute Gasteiger partial charge is 0.339 e. The number of aromatic nitrogens is 3. The van der Waals surface area contributed by atoms with Crippen LogP contribution in [0.25, 0.3) is 0 Å². The predicted octanol–water partition coefficient (Wildman–Crippen LogP) is 3.83. The zero-order valence-corrected chi connectivity index (χ0v) is 16.4. The number of anilines is 3. The highest BCUT2D eigenvalue weighted by Crippen LogP contribution is 2.38. The van der Waals surface area contributed by atoms with Crippen molar-refractivity contribution in [2.24, 2.45) is 0 Å². The molecule has 0 saturated carbocycles. The Morgan fingerprint density at radius 2 is 1.90 bits per heavy atom. The van der Waals surface area contributed by atoms with Crippen molar-refractivity contribution in [2.45, 2.75) is 25.7 Å². The van der Waals surface area contributed by atoms with Crippen LogP contribution in [-0.4, -0.2) is 45.7 Å². The molecule has 1 atom stereocenters. The third kappa shape index (κ3) is 3.33. The van der Waals surface area contributed by atoms with Crippen molar-refractivity contribution < 1.29 is 4.79 Å². The molecular weight excluding hydrogens is 364 g/mol. The minimum absolute atomic E-state index is 0.0697. The van der Waals surface area contributed by atoms with E-state index in [2.05, 4.69) is 55.7 Å². The molecule has 0 bridgehead atoms. The molecule has 1 aromatic heterocycles. The Labute approximate surface area is 169 Å². The summed E-state index contributed by atoms with van der Waals surface area (Å²) in [6.45, 7) is 4.15.